The van der Waals surface area contributed by atoms with Gasteiger partial charge in [0.05, 0.1) is 0 Å². The molecule has 0 bridgehead atoms. The first-order valence-corrected chi connectivity index (χ1v) is 6.05. The van der Waals surface area contributed by atoms with Crippen molar-refractivity contribution in [3.05, 3.63) is 0 Å². The highest BCUT2D eigenvalue weighted by Gasteiger charge is 2.37. The summed E-state index contributed by atoms with van der Waals surface area (Å²) in [7, 11) is 1.67. The fraction of sp³-hybridized carbons (Fsp3) is 0.833. The van der Waals surface area contributed by atoms with Gasteiger partial charge in [0, 0.05) is 13.6 Å². The van der Waals surface area contributed by atoms with Crippen molar-refractivity contribution in [1.29, 1.82) is 0 Å². The largest absolute Gasteiger partial charge is 0.480 e. The second-order valence-electron chi connectivity index (χ2n) is 4.80. The Kier molecular flexibility index (Phi) is 5.99. The lowest BCUT2D eigenvalue weighted by Gasteiger charge is -2.31. The highest BCUT2D eigenvalue weighted by Crippen LogP contribution is 2.16. The predicted molar refractivity (Wildman–Crippen MR) is 66.9 cm³/mol. The molecule has 0 spiro atoms. The molecule has 0 fully saturated rings. The van der Waals surface area contributed by atoms with E-state index in [1.54, 1.807) is 20.9 Å². The van der Waals surface area contributed by atoms with Crippen LogP contribution >= 0.6 is 0 Å². The topological polar surface area (TPSA) is 69.6 Å². The summed E-state index contributed by atoms with van der Waals surface area (Å²) in [5, 5.41) is 11.8. The number of nitrogens with one attached hydrogen (secondary N) is 1. The Morgan fingerprint density at radius 2 is 1.76 bits per heavy atom. The number of carboxylic acids is 1. The Balaban J connectivity index is 4.67. The average molecular weight is 244 g/mol. The molecule has 17 heavy (non-hydrogen) atoms. The SMILES string of the molecule is CCC(CC)(NC(=O)N(C)CC(C)C)C(=O)O. The second-order valence-corrected chi connectivity index (χ2v) is 4.80. The summed E-state index contributed by atoms with van der Waals surface area (Å²) in [6.07, 6.45) is 0.750. The normalized spacial score (nSPS) is 11.4. The second kappa shape index (κ2) is 6.47. The van der Waals surface area contributed by atoms with E-state index in [1.165, 1.54) is 4.90 Å². The van der Waals surface area contributed by atoms with E-state index in [0.29, 0.717) is 25.3 Å². The Morgan fingerprint density at radius 3 is 2.06 bits per heavy atom. The predicted octanol–water partition coefficient (Wildman–Crippen LogP) is 1.93. The van der Waals surface area contributed by atoms with Crippen molar-refractivity contribution < 1.29 is 14.7 Å². The van der Waals surface area contributed by atoms with Crippen LogP contribution in [0.4, 0.5) is 4.79 Å². The van der Waals surface area contributed by atoms with Crippen LogP contribution in [-0.2, 0) is 4.79 Å². The van der Waals surface area contributed by atoms with E-state index in [9.17, 15) is 14.7 Å². The van der Waals surface area contributed by atoms with Crippen molar-refractivity contribution in [2.24, 2.45) is 5.92 Å². The number of hydrogen-bond acceptors (Lipinski definition) is 2. The van der Waals surface area contributed by atoms with Crippen LogP contribution in [-0.4, -0.2) is 41.1 Å². The van der Waals surface area contributed by atoms with Crippen LogP contribution in [0.5, 0.6) is 0 Å². The van der Waals surface area contributed by atoms with Gasteiger partial charge in [-0.05, 0) is 18.8 Å². The summed E-state index contributed by atoms with van der Waals surface area (Å²) in [5.41, 5.74) is -1.15. The maximum atomic E-state index is 11.9. The monoisotopic (exact) mass is 244 g/mol. The number of hydrogen-bond donors (Lipinski definition) is 2. The highest BCUT2D eigenvalue weighted by atomic mass is 16.4. The molecule has 5 nitrogen and oxygen atoms in total. The summed E-state index contributed by atoms with van der Waals surface area (Å²) in [6, 6.07) is -0.329. The summed E-state index contributed by atoms with van der Waals surface area (Å²) >= 11 is 0. The fourth-order valence-electron chi connectivity index (χ4n) is 1.71. The number of aliphatic carboxylic acids is 1. The Hall–Kier alpha value is -1.26. The van der Waals surface area contributed by atoms with Crippen molar-refractivity contribution in [1.82, 2.24) is 10.2 Å². The number of rotatable bonds is 6. The molecule has 0 aliphatic rings. The van der Waals surface area contributed by atoms with E-state index < -0.39 is 11.5 Å². The molecule has 5 heteroatoms. The van der Waals surface area contributed by atoms with Crippen LogP contribution in [0, 0.1) is 5.92 Å². The van der Waals surface area contributed by atoms with E-state index in [2.05, 4.69) is 5.32 Å². The molecule has 0 saturated carbocycles. The third-order valence-electron chi connectivity index (χ3n) is 2.95. The zero-order valence-electron chi connectivity index (χ0n) is 11.4. The molecule has 0 unspecified atom stereocenters. The third kappa shape index (κ3) is 4.24. The minimum Gasteiger partial charge on any atom is -0.480 e. The Morgan fingerprint density at radius 1 is 1.29 bits per heavy atom. The van der Waals surface area contributed by atoms with E-state index in [0.717, 1.165) is 0 Å². The van der Waals surface area contributed by atoms with Gasteiger partial charge in [-0.3, -0.25) is 0 Å². The summed E-state index contributed by atoms with van der Waals surface area (Å²) in [6.45, 7) is 8.15. The smallest absolute Gasteiger partial charge is 0.329 e. The first-order valence-electron chi connectivity index (χ1n) is 6.05. The fourth-order valence-corrected chi connectivity index (χ4v) is 1.71. The Bertz CT molecular complexity index is 273. The molecule has 100 valence electrons. The number of urea groups is 1. The maximum absolute atomic E-state index is 11.9. The molecule has 2 N–H and O–H groups in total. The molecular weight excluding hydrogens is 220 g/mol. The number of amides is 2. The average Bonchev–Trinajstić information content (AvgIpc) is 2.24. The third-order valence-corrected chi connectivity index (χ3v) is 2.95. The van der Waals surface area contributed by atoms with Gasteiger partial charge in [0.25, 0.3) is 0 Å². The number of nitrogens with zero attached hydrogens (tertiary/aromatic N) is 1. The number of carbonyl (C=O) groups is 2. The van der Waals surface area contributed by atoms with Gasteiger partial charge < -0.3 is 15.3 Å². The van der Waals surface area contributed by atoms with Crippen molar-refractivity contribution in [2.45, 2.75) is 46.1 Å². The van der Waals surface area contributed by atoms with Gasteiger partial charge in [-0.15, -0.1) is 0 Å². The van der Waals surface area contributed by atoms with Crippen molar-refractivity contribution in [3.8, 4) is 0 Å². The zero-order chi connectivity index (χ0) is 13.6. The van der Waals surface area contributed by atoms with Crippen molar-refractivity contribution in [3.63, 3.8) is 0 Å². The van der Waals surface area contributed by atoms with Crippen LogP contribution in [0.15, 0.2) is 0 Å². The summed E-state index contributed by atoms with van der Waals surface area (Å²) in [5.74, 6) is -0.623. The van der Waals surface area contributed by atoms with Gasteiger partial charge in [-0.25, -0.2) is 9.59 Å². The van der Waals surface area contributed by atoms with Crippen LogP contribution in [0.1, 0.15) is 40.5 Å². The van der Waals surface area contributed by atoms with Gasteiger partial charge in [0.1, 0.15) is 5.54 Å². The molecule has 0 aromatic heterocycles. The minimum absolute atomic E-state index is 0.329. The van der Waals surface area contributed by atoms with Gasteiger partial charge in [0.2, 0.25) is 0 Å². The molecule has 0 atom stereocenters. The van der Waals surface area contributed by atoms with Gasteiger partial charge in [0.15, 0.2) is 0 Å². The number of carbonyl (C=O) groups excluding carboxylic acids is 1. The van der Waals surface area contributed by atoms with Crippen LogP contribution in [0.25, 0.3) is 0 Å². The molecule has 0 radical (unpaired) electrons. The van der Waals surface area contributed by atoms with Crippen molar-refractivity contribution in [2.75, 3.05) is 13.6 Å². The molecule has 0 aliphatic heterocycles. The molecule has 2 amide bonds. The number of carboxylic acid groups (broad SMARTS) is 1. The zero-order valence-corrected chi connectivity index (χ0v) is 11.4. The van der Waals surface area contributed by atoms with Crippen LogP contribution in [0.2, 0.25) is 0 Å². The Labute approximate surface area is 103 Å². The van der Waals surface area contributed by atoms with Gasteiger partial charge in [-0.2, -0.15) is 0 Å². The van der Waals surface area contributed by atoms with E-state index in [4.69, 9.17) is 0 Å². The lowest BCUT2D eigenvalue weighted by Crippen LogP contribution is -2.57. The standard InChI is InChI=1S/C12H24N2O3/c1-6-12(7-2,10(15)16)13-11(17)14(5)8-9(3)4/h9H,6-8H2,1-5H3,(H,13,17)(H,15,16). The minimum atomic E-state index is -1.15. The quantitative estimate of drug-likeness (QED) is 0.750. The first kappa shape index (κ1) is 15.7. The molecule has 0 saturated heterocycles. The summed E-state index contributed by atoms with van der Waals surface area (Å²) in [4.78, 5) is 24.6. The molecule has 0 aromatic rings. The molecule has 0 aromatic carbocycles. The first-order chi connectivity index (χ1) is 7.79. The van der Waals surface area contributed by atoms with E-state index in [1.807, 2.05) is 13.8 Å². The molecule has 0 heterocycles. The van der Waals surface area contributed by atoms with Crippen molar-refractivity contribution >= 4 is 12.0 Å². The van der Waals surface area contributed by atoms with Crippen LogP contribution in [0.3, 0.4) is 0 Å². The lowest BCUT2D eigenvalue weighted by molar-refractivity contribution is -0.144. The highest BCUT2D eigenvalue weighted by molar-refractivity contribution is 5.86. The molecule has 0 rings (SSSR count). The molecular formula is C12H24N2O3. The maximum Gasteiger partial charge on any atom is 0.329 e. The summed E-state index contributed by atoms with van der Waals surface area (Å²) < 4.78 is 0. The molecule has 0 aliphatic carbocycles. The van der Waals surface area contributed by atoms with Gasteiger partial charge in [-0.1, -0.05) is 27.7 Å². The van der Waals surface area contributed by atoms with E-state index in [-0.39, 0.29) is 6.03 Å². The van der Waals surface area contributed by atoms with Gasteiger partial charge >= 0.3 is 12.0 Å². The van der Waals surface area contributed by atoms with Crippen LogP contribution < -0.4 is 5.32 Å². The van der Waals surface area contributed by atoms with E-state index >= 15 is 0 Å². The lowest BCUT2D eigenvalue weighted by atomic mass is 9.93.